The fourth-order valence-corrected chi connectivity index (χ4v) is 1.04. The van der Waals surface area contributed by atoms with Crippen LogP contribution in [0.2, 0.25) is 0 Å². The molecule has 1 aromatic heterocycles. The van der Waals surface area contributed by atoms with Crippen LogP contribution in [0.1, 0.15) is 22.7 Å². The third kappa shape index (κ3) is 4.06. The monoisotopic (exact) mass is 252 g/mol. The number of aliphatic hydroxyl groups excluding tert-OH is 1. The first kappa shape index (κ1) is 13.5. The Bertz CT molecular complexity index is 389. The normalized spacial score (nSPS) is 13.5. The van der Waals surface area contributed by atoms with Crippen molar-refractivity contribution in [1.29, 1.82) is 0 Å². The maximum atomic E-state index is 11.9. The van der Waals surface area contributed by atoms with Crippen LogP contribution in [0.15, 0.2) is 10.6 Å². The molecule has 1 amide bonds. The highest BCUT2D eigenvalue weighted by Gasteiger charge is 2.37. The van der Waals surface area contributed by atoms with E-state index in [0.717, 1.165) is 0 Å². The van der Waals surface area contributed by atoms with Gasteiger partial charge in [-0.3, -0.25) is 4.79 Å². The molecule has 0 unspecified atom stereocenters. The maximum absolute atomic E-state index is 11.9. The first-order valence-corrected chi connectivity index (χ1v) is 4.77. The fraction of sp³-hybridized carbons (Fsp3) is 0.556. The number of alkyl halides is 3. The van der Waals surface area contributed by atoms with Crippen LogP contribution >= 0.6 is 0 Å². The molecule has 8 heteroatoms. The third-order valence-electron chi connectivity index (χ3n) is 1.93. The van der Waals surface area contributed by atoms with E-state index in [1.807, 2.05) is 0 Å². The van der Waals surface area contributed by atoms with Crippen LogP contribution in [0.4, 0.5) is 13.2 Å². The lowest BCUT2D eigenvalue weighted by atomic mass is 10.2. The van der Waals surface area contributed by atoms with Gasteiger partial charge in [-0.2, -0.15) is 13.2 Å². The summed E-state index contributed by atoms with van der Waals surface area (Å²) in [5, 5.41) is 14.3. The van der Waals surface area contributed by atoms with E-state index in [1.54, 1.807) is 6.92 Å². The number of carbonyl (C=O) groups excluding carboxylic acids is 1. The van der Waals surface area contributed by atoms with Gasteiger partial charge in [-0.15, -0.1) is 0 Å². The molecular formula is C9H11F3N2O3. The van der Waals surface area contributed by atoms with E-state index in [1.165, 1.54) is 6.07 Å². The predicted octanol–water partition coefficient (Wildman–Crippen LogP) is 1.03. The van der Waals surface area contributed by atoms with Crippen molar-refractivity contribution < 1.29 is 27.6 Å². The molecule has 0 saturated carbocycles. The lowest BCUT2D eigenvalue weighted by Crippen LogP contribution is -2.33. The molecule has 0 aliphatic heterocycles. The Morgan fingerprint density at radius 1 is 1.65 bits per heavy atom. The van der Waals surface area contributed by atoms with Gasteiger partial charge in [-0.1, -0.05) is 5.16 Å². The van der Waals surface area contributed by atoms with E-state index in [-0.39, 0.29) is 12.3 Å². The van der Waals surface area contributed by atoms with E-state index in [2.05, 4.69) is 15.0 Å². The minimum absolute atomic E-state index is 0.0796. The van der Waals surface area contributed by atoms with Crippen LogP contribution in [0.3, 0.4) is 0 Å². The smallest absolute Gasteiger partial charge is 0.384 e. The lowest BCUT2D eigenvalue weighted by molar-refractivity contribution is -0.204. The quantitative estimate of drug-likeness (QED) is 0.839. The summed E-state index contributed by atoms with van der Waals surface area (Å²) in [4.78, 5) is 11.3. The lowest BCUT2D eigenvalue weighted by Gasteiger charge is -2.13. The van der Waals surface area contributed by atoms with Crippen LogP contribution in [0.25, 0.3) is 0 Å². The number of aromatic nitrogens is 1. The highest BCUT2D eigenvalue weighted by molar-refractivity contribution is 5.91. The van der Waals surface area contributed by atoms with E-state index in [4.69, 9.17) is 5.11 Å². The van der Waals surface area contributed by atoms with Gasteiger partial charge in [0.1, 0.15) is 0 Å². The van der Waals surface area contributed by atoms with Gasteiger partial charge in [0.2, 0.25) is 5.76 Å². The van der Waals surface area contributed by atoms with Crippen LogP contribution in [-0.2, 0) is 0 Å². The summed E-state index contributed by atoms with van der Waals surface area (Å²) in [6.07, 6.45) is -7.73. The molecule has 96 valence electrons. The number of hydrogen-bond donors (Lipinski definition) is 2. The number of nitrogens with zero attached hydrogens (tertiary/aromatic N) is 1. The Kier molecular flexibility index (Phi) is 4.11. The van der Waals surface area contributed by atoms with E-state index in [0.29, 0.717) is 5.69 Å². The molecule has 1 aromatic rings. The largest absolute Gasteiger partial charge is 0.414 e. The summed E-state index contributed by atoms with van der Waals surface area (Å²) >= 11 is 0. The number of rotatable bonds is 4. The number of nitrogens with one attached hydrogen (secondary N) is 1. The zero-order chi connectivity index (χ0) is 13.1. The molecule has 0 radical (unpaired) electrons. The second kappa shape index (κ2) is 5.17. The molecule has 0 fully saturated rings. The van der Waals surface area contributed by atoms with Crippen LogP contribution in [-0.4, -0.2) is 35.0 Å². The van der Waals surface area contributed by atoms with E-state index >= 15 is 0 Å². The molecule has 0 aliphatic rings. The maximum Gasteiger partial charge on any atom is 0.414 e. The summed E-state index contributed by atoms with van der Waals surface area (Å²) in [6.45, 7) is 1.30. The highest BCUT2D eigenvalue weighted by Crippen LogP contribution is 2.21. The van der Waals surface area contributed by atoms with Gasteiger partial charge in [-0.05, 0) is 13.3 Å². The van der Waals surface area contributed by atoms with Crippen molar-refractivity contribution >= 4 is 5.91 Å². The summed E-state index contributed by atoms with van der Waals surface area (Å²) in [5.41, 5.74) is 0.491. The molecule has 5 nitrogen and oxygen atoms in total. The van der Waals surface area contributed by atoms with Gasteiger partial charge in [0, 0.05) is 12.6 Å². The summed E-state index contributed by atoms with van der Waals surface area (Å²) in [6, 6.07) is 1.36. The van der Waals surface area contributed by atoms with Crippen LogP contribution in [0, 0.1) is 6.92 Å². The van der Waals surface area contributed by atoms with Gasteiger partial charge < -0.3 is 14.9 Å². The SMILES string of the molecule is Cc1cc(C(=O)NCC[C@H](O)C(F)(F)F)on1. The molecule has 1 heterocycles. The zero-order valence-electron chi connectivity index (χ0n) is 8.91. The van der Waals surface area contributed by atoms with Crippen molar-refractivity contribution in [3.05, 3.63) is 17.5 Å². The topological polar surface area (TPSA) is 75.4 Å². The summed E-state index contributed by atoms with van der Waals surface area (Å²) < 4.78 is 40.3. The molecule has 0 spiro atoms. The molecular weight excluding hydrogens is 241 g/mol. The second-order valence-corrected chi connectivity index (χ2v) is 3.43. The summed E-state index contributed by atoms with van der Waals surface area (Å²) in [7, 11) is 0. The van der Waals surface area contributed by atoms with Gasteiger partial charge in [-0.25, -0.2) is 0 Å². The molecule has 2 N–H and O–H groups in total. The van der Waals surface area contributed by atoms with Gasteiger partial charge in [0.15, 0.2) is 6.10 Å². The van der Waals surface area contributed by atoms with Crippen molar-refractivity contribution in [2.24, 2.45) is 0 Å². The number of aliphatic hydroxyl groups is 1. The van der Waals surface area contributed by atoms with E-state index < -0.39 is 24.6 Å². The molecule has 0 aliphatic carbocycles. The molecule has 0 saturated heterocycles. The molecule has 0 bridgehead atoms. The average Bonchev–Trinajstić information content (AvgIpc) is 2.63. The first-order valence-electron chi connectivity index (χ1n) is 4.77. The van der Waals surface area contributed by atoms with Gasteiger partial charge >= 0.3 is 6.18 Å². The number of halogens is 3. The number of aryl methyl sites for hydroxylation is 1. The molecule has 17 heavy (non-hydrogen) atoms. The van der Waals surface area contributed by atoms with Crippen LogP contribution in [0.5, 0.6) is 0 Å². The average molecular weight is 252 g/mol. The zero-order valence-corrected chi connectivity index (χ0v) is 8.91. The second-order valence-electron chi connectivity index (χ2n) is 3.43. The standard InChI is InChI=1S/C9H11F3N2O3/c1-5-4-6(17-14-5)8(16)13-3-2-7(15)9(10,11)12/h4,7,15H,2-3H2,1H3,(H,13,16)/t7-/m0/s1. The number of carbonyl (C=O) groups is 1. The highest BCUT2D eigenvalue weighted by atomic mass is 19.4. The summed E-state index contributed by atoms with van der Waals surface area (Å²) in [5.74, 6) is -0.746. The molecule has 0 aromatic carbocycles. The Balaban J connectivity index is 2.35. The Hall–Kier alpha value is -1.57. The minimum atomic E-state index is -4.67. The van der Waals surface area contributed by atoms with Crippen molar-refractivity contribution in [3.8, 4) is 0 Å². The number of amides is 1. The minimum Gasteiger partial charge on any atom is -0.384 e. The van der Waals surface area contributed by atoms with E-state index in [9.17, 15) is 18.0 Å². The predicted molar refractivity (Wildman–Crippen MR) is 50.3 cm³/mol. The number of hydrogen-bond acceptors (Lipinski definition) is 4. The van der Waals surface area contributed by atoms with Crippen molar-refractivity contribution in [3.63, 3.8) is 0 Å². The van der Waals surface area contributed by atoms with Crippen molar-refractivity contribution in [2.45, 2.75) is 25.6 Å². The molecule has 1 atom stereocenters. The molecule has 1 rings (SSSR count). The Morgan fingerprint density at radius 3 is 2.76 bits per heavy atom. The van der Waals surface area contributed by atoms with Crippen LogP contribution < -0.4 is 5.32 Å². The third-order valence-corrected chi connectivity index (χ3v) is 1.93. The van der Waals surface area contributed by atoms with Crippen molar-refractivity contribution in [2.75, 3.05) is 6.54 Å². The van der Waals surface area contributed by atoms with Crippen molar-refractivity contribution in [1.82, 2.24) is 10.5 Å². The fourth-order valence-electron chi connectivity index (χ4n) is 1.04. The van der Waals surface area contributed by atoms with Gasteiger partial charge in [0.05, 0.1) is 5.69 Å². The Labute approximate surface area is 94.6 Å². The Morgan fingerprint density at radius 2 is 2.29 bits per heavy atom. The first-order chi connectivity index (χ1) is 7.80. The van der Waals surface area contributed by atoms with Gasteiger partial charge in [0.25, 0.3) is 5.91 Å².